The Morgan fingerprint density at radius 1 is 1.54 bits per heavy atom. The van der Waals surface area contributed by atoms with Crippen molar-refractivity contribution in [2.75, 3.05) is 6.26 Å². The summed E-state index contributed by atoms with van der Waals surface area (Å²) in [5.41, 5.74) is 0.800. The Kier molecular flexibility index (Phi) is 2.66. The first-order valence-electron chi connectivity index (χ1n) is 3.46. The fraction of sp³-hybridized carbons (Fsp3) is 0.143. The van der Waals surface area contributed by atoms with E-state index in [0.717, 1.165) is 14.6 Å². The number of rotatable bonds is 1. The molecule has 2 heterocycles. The van der Waals surface area contributed by atoms with E-state index in [1.54, 1.807) is 0 Å². The zero-order valence-corrected chi connectivity index (χ0v) is 10.4. The van der Waals surface area contributed by atoms with Gasteiger partial charge >= 0.3 is 0 Å². The molecular weight excluding hydrogens is 321 g/mol. The van der Waals surface area contributed by atoms with Gasteiger partial charge in [-0.2, -0.15) is 0 Å². The second-order valence-electron chi connectivity index (χ2n) is 2.36. The van der Waals surface area contributed by atoms with E-state index in [4.69, 9.17) is 11.6 Å². The van der Waals surface area contributed by atoms with Crippen molar-refractivity contribution in [3.8, 4) is 0 Å². The van der Waals surface area contributed by atoms with Crippen LogP contribution in [0.1, 0.15) is 0 Å². The zero-order valence-electron chi connectivity index (χ0n) is 6.64. The van der Waals surface area contributed by atoms with Crippen molar-refractivity contribution in [1.82, 2.24) is 15.0 Å². The maximum Gasteiger partial charge on any atom is 0.190 e. The number of aromatic nitrogens is 3. The van der Waals surface area contributed by atoms with Crippen molar-refractivity contribution < 1.29 is 0 Å². The summed E-state index contributed by atoms with van der Waals surface area (Å²) in [7, 11) is 0. The minimum absolute atomic E-state index is 0.514. The van der Waals surface area contributed by atoms with Crippen LogP contribution in [0.4, 0.5) is 0 Å². The first-order chi connectivity index (χ1) is 6.22. The molecule has 0 radical (unpaired) electrons. The molecule has 0 saturated heterocycles. The van der Waals surface area contributed by atoms with Gasteiger partial charge in [-0.15, -0.1) is 0 Å². The molecule has 0 aliphatic carbocycles. The first-order valence-corrected chi connectivity index (χ1v) is 6.14. The molecule has 2 aromatic rings. The zero-order chi connectivity index (χ0) is 9.42. The number of nitrogens with one attached hydrogen (secondary N) is 1. The van der Waals surface area contributed by atoms with Crippen LogP contribution in [0, 0.1) is 3.57 Å². The summed E-state index contributed by atoms with van der Waals surface area (Å²) in [6, 6.07) is 0. The number of aromatic amines is 1. The van der Waals surface area contributed by atoms with E-state index >= 15 is 0 Å². The molecule has 0 saturated carbocycles. The van der Waals surface area contributed by atoms with E-state index in [0.29, 0.717) is 10.3 Å². The van der Waals surface area contributed by atoms with Gasteiger partial charge in [-0.1, -0.05) is 23.4 Å². The molecule has 1 N–H and O–H groups in total. The van der Waals surface area contributed by atoms with Crippen molar-refractivity contribution in [3.05, 3.63) is 14.9 Å². The largest absolute Gasteiger partial charge is 0.345 e. The Bertz CT molecular complexity index is 456. The molecule has 0 amide bonds. The summed E-state index contributed by atoms with van der Waals surface area (Å²) >= 11 is 9.68. The molecule has 68 valence electrons. The molecule has 0 aliphatic heterocycles. The van der Waals surface area contributed by atoms with Crippen molar-refractivity contribution in [2.45, 2.75) is 5.16 Å². The number of thioether (sulfide) groups is 1. The highest BCUT2D eigenvalue weighted by Gasteiger charge is 2.09. The van der Waals surface area contributed by atoms with E-state index in [1.807, 2.05) is 12.5 Å². The maximum atomic E-state index is 6.00. The van der Waals surface area contributed by atoms with Crippen LogP contribution in [-0.2, 0) is 0 Å². The molecule has 0 aliphatic rings. The lowest BCUT2D eigenvalue weighted by molar-refractivity contribution is 0.999. The standard InChI is InChI=1S/C7H5ClIN3S/c1-13-7-11-5(8)4-3(9)2-10-6(4)12-7/h2H,1H3,(H,10,11,12). The van der Waals surface area contributed by atoms with Gasteiger partial charge in [0.15, 0.2) is 5.16 Å². The molecule has 2 aromatic heterocycles. The molecule has 3 nitrogen and oxygen atoms in total. The Hall–Kier alpha value is -0.0100. The van der Waals surface area contributed by atoms with E-state index in [-0.39, 0.29) is 0 Å². The Balaban J connectivity index is 2.79. The van der Waals surface area contributed by atoms with Gasteiger partial charge in [0.25, 0.3) is 0 Å². The second-order valence-corrected chi connectivity index (χ2v) is 4.65. The minimum atomic E-state index is 0.514. The maximum absolute atomic E-state index is 6.00. The second kappa shape index (κ2) is 3.62. The Morgan fingerprint density at radius 3 is 3.00 bits per heavy atom. The fourth-order valence-electron chi connectivity index (χ4n) is 1.03. The minimum Gasteiger partial charge on any atom is -0.345 e. The molecule has 6 heteroatoms. The number of fused-ring (bicyclic) bond motifs is 1. The number of halogens is 2. The molecule has 0 bridgehead atoms. The molecular formula is C7H5ClIN3S. The van der Waals surface area contributed by atoms with E-state index < -0.39 is 0 Å². The average Bonchev–Trinajstić information content (AvgIpc) is 2.48. The van der Waals surface area contributed by atoms with E-state index in [2.05, 4.69) is 37.5 Å². The Labute approximate surface area is 97.8 Å². The topological polar surface area (TPSA) is 41.6 Å². The van der Waals surface area contributed by atoms with Crippen molar-refractivity contribution in [2.24, 2.45) is 0 Å². The highest BCUT2D eigenvalue weighted by molar-refractivity contribution is 14.1. The number of nitrogens with zero attached hydrogens (tertiary/aromatic N) is 2. The first kappa shape index (κ1) is 9.54. The average molecular weight is 326 g/mol. The highest BCUT2D eigenvalue weighted by atomic mass is 127. The summed E-state index contributed by atoms with van der Waals surface area (Å²) in [6.45, 7) is 0. The Morgan fingerprint density at radius 2 is 2.31 bits per heavy atom. The summed E-state index contributed by atoms with van der Waals surface area (Å²) in [5.74, 6) is 0. The SMILES string of the molecule is CSc1nc(Cl)c2c(I)c[nH]c2n1. The third kappa shape index (κ3) is 1.64. The van der Waals surface area contributed by atoms with Crippen molar-refractivity contribution >= 4 is 57.0 Å². The van der Waals surface area contributed by atoms with Gasteiger partial charge in [0, 0.05) is 9.77 Å². The van der Waals surface area contributed by atoms with Crippen LogP contribution in [0.15, 0.2) is 11.4 Å². The number of H-pyrrole nitrogens is 1. The van der Waals surface area contributed by atoms with Gasteiger partial charge in [0.2, 0.25) is 0 Å². The molecule has 0 aromatic carbocycles. The van der Waals surface area contributed by atoms with Crippen molar-refractivity contribution in [3.63, 3.8) is 0 Å². The molecule has 0 atom stereocenters. The van der Waals surface area contributed by atoms with Crippen LogP contribution >= 0.6 is 46.0 Å². The third-order valence-electron chi connectivity index (χ3n) is 1.60. The summed E-state index contributed by atoms with van der Waals surface area (Å²) in [5, 5.41) is 2.11. The highest BCUT2D eigenvalue weighted by Crippen LogP contribution is 2.26. The predicted octanol–water partition coefficient (Wildman–Crippen LogP) is 2.94. The van der Waals surface area contributed by atoms with Crippen LogP contribution in [0.25, 0.3) is 11.0 Å². The van der Waals surface area contributed by atoms with E-state index in [1.165, 1.54) is 11.8 Å². The lowest BCUT2D eigenvalue weighted by Gasteiger charge is -1.97. The van der Waals surface area contributed by atoms with Gasteiger partial charge in [-0.05, 0) is 28.8 Å². The monoisotopic (exact) mass is 325 g/mol. The predicted molar refractivity (Wildman–Crippen MR) is 63.4 cm³/mol. The van der Waals surface area contributed by atoms with E-state index in [9.17, 15) is 0 Å². The van der Waals surface area contributed by atoms with Gasteiger partial charge < -0.3 is 4.98 Å². The van der Waals surface area contributed by atoms with Crippen LogP contribution in [0.5, 0.6) is 0 Å². The van der Waals surface area contributed by atoms with Crippen LogP contribution in [0.3, 0.4) is 0 Å². The van der Waals surface area contributed by atoms with Crippen LogP contribution < -0.4 is 0 Å². The number of hydrogen-bond acceptors (Lipinski definition) is 3. The van der Waals surface area contributed by atoms with Crippen LogP contribution in [-0.4, -0.2) is 21.2 Å². The molecule has 0 unspecified atom stereocenters. The molecule has 0 fully saturated rings. The van der Waals surface area contributed by atoms with Crippen LogP contribution in [0.2, 0.25) is 5.15 Å². The normalized spacial score (nSPS) is 11.0. The molecule has 2 rings (SSSR count). The summed E-state index contributed by atoms with van der Waals surface area (Å²) in [6.07, 6.45) is 3.79. The van der Waals surface area contributed by atoms with Crippen molar-refractivity contribution in [1.29, 1.82) is 0 Å². The quantitative estimate of drug-likeness (QED) is 0.379. The molecule has 13 heavy (non-hydrogen) atoms. The molecule has 0 spiro atoms. The smallest absolute Gasteiger partial charge is 0.190 e. The lowest BCUT2D eigenvalue weighted by Crippen LogP contribution is -1.87. The summed E-state index contributed by atoms with van der Waals surface area (Å²) in [4.78, 5) is 11.5. The fourth-order valence-corrected chi connectivity index (χ4v) is 2.54. The van der Waals surface area contributed by atoms with Gasteiger partial charge in [-0.25, -0.2) is 9.97 Å². The summed E-state index contributed by atoms with van der Waals surface area (Å²) < 4.78 is 1.05. The van der Waals surface area contributed by atoms with Gasteiger partial charge in [0.05, 0.1) is 5.39 Å². The lowest BCUT2D eigenvalue weighted by atomic mass is 10.4. The third-order valence-corrected chi connectivity index (χ3v) is 3.27. The van der Waals surface area contributed by atoms with Gasteiger partial charge in [0.1, 0.15) is 10.8 Å². The number of hydrogen-bond donors (Lipinski definition) is 1. The van der Waals surface area contributed by atoms with Gasteiger partial charge in [-0.3, -0.25) is 0 Å².